The van der Waals surface area contributed by atoms with Gasteiger partial charge in [-0.2, -0.15) is 0 Å². The van der Waals surface area contributed by atoms with Crippen LogP contribution in [-0.2, 0) is 33.8 Å². The molecule has 4 atom stereocenters. The van der Waals surface area contributed by atoms with E-state index in [0.29, 0.717) is 12.0 Å². The van der Waals surface area contributed by atoms with E-state index < -0.39 is 23.5 Å². The second-order valence-corrected chi connectivity index (χ2v) is 12.2. The number of aromatic carboxylic acids is 1. The highest BCUT2D eigenvalue weighted by atomic mass is 16.4. The van der Waals surface area contributed by atoms with E-state index in [-0.39, 0.29) is 48.2 Å². The van der Waals surface area contributed by atoms with Crippen LogP contribution in [0.15, 0.2) is 42.5 Å². The van der Waals surface area contributed by atoms with E-state index in [1.807, 2.05) is 52.8 Å². The maximum atomic E-state index is 14.2. The second-order valence-electron chi connectivity index (χ2n) is 12.2. The number of nitrogens with zero attached hydrogens (tertiary/aromatic N) is 1. The molecule has 8 nitrogen and oxygen atoms in total. The molecule has 3 N–H and O–H groups in total. The van der Waals surface area contributed by atoms with Crippen LogP contribution < -0.4 is 10.6 Å². The van der Waals surface area contributed by atoms with E-state index in [1.54, 1.807) is 12.1 Å². The number of hydrogen-bond donors (Lipinski definition) is 3. The third-order valence-electron chi connectivity index (χ3n) is 8.31. The van der Waals surface area contributed by atoms with Crippen molar-refractivity contribution in [1.82, 2.24) is 15.5 Å². The van der Waals surface area contributed by atoms with Crippen molar-refractivity contribution in [1.29, 1.82) is 0 Å². The quantitative estimate of drug-likeness (QED) is 0.475. The van der Waals surface area contributed by atoms with Gasteiger partial charge in [0, 0.05) is 18.9 Å². The van der Waals surface area contributed by atoms with Gasteiger partial charge in [0.2, 0.25) is 17.7 Å². The van der Waals surface area contributed by atoms with Crippen LogP contribution in [0.3, 0.4) is 0 Å². The molecule has 1 heterocycles. The summed E-state index contributed by atoms with van der Waals surface area (Å²) < 4.78 is 0. The lowest BCUT2D eigenvalue weighted by Crippen LogP contribution is -2.61. The smallest absolute Gasteiger partial charge is 0.335 e. The van der Waals surface area contributed by atoms with Crippen LogP contribution in [0.1, 0.15) is 92.5 Å². The average molecular weight is 548 g/mol. The highest BCUT2D eigenvalue weighted by Crippen LogP contribution is 2.32. The van der Waals surface area contributed by atoms with Gasteiger partial charge in [-0.1, -0.05) is 65.0 Å². The Hall–Kier alpha value is -3.68. The van der Waals surface area contributed by atoms with Crippen molar-refractivity contribution in [2.45, 2.75) is 91.4 Å². The zero-order valence-corrected chi connectivity index (χ0v) is 24.1. The first-order chi connectivity index (χ1) is 18.9. The number of carboxylic acid groups (broad SMARTS) is 1. The number of aryl methyl sites for hydroxylation is 1. The number of benzene rings is 2. The Morgan fingerprint density at radius 2 is 1.77 bits per heavy atom. The Labute approximate surface area is 236 Å². The van der Waals surface area contributed by atoms with E-state index in [0.717, 1.165) is 30.4 Å². The predicted molar refractivity (Wildman–Crippen MR) is 153 cm³/mol. The number of carbonyl (C=O) groups excluding carboxylic acids is 3. The standard InChI is InChI=1S/C32H41N3O5/c1-6-19(2)28(36)34-27(32(3,4)5)30(38)35-18-23-16-22(31(39)40)15-14-21(23)17-26(35)29(37)33-25-13-9-11-20-10-7-8-12-24(20)25/h7-8,10,12,14-16,19,25-27H,6,9,11,13,17-18H2,1-5H3,(H,33,37)(H,34,36)(H,39,40)/t19-,25-,26+,27-/m1/s1. The Kier molecular flexibility index (Phi) is 8.66. The van der Waals surface area contributed by atoms with Crippen molar-refractivity contribution in [3.63, 3.8) is 0 Å². The molecule has 40 heavy (non-hydrogen) atoms. The van der Waals surface area contributed by atoms with E-state index in [9.17, 15) is 24.3 Å². The molecule has 3 amide bonds. The molecule has 0 radical (unpaired) electrons. The van der Waals surface area contributed by atoms with Crippen LogP contribution in [0.4, 0.5) is 0 Å². The molecular weight excluding hydrogens is 506 g/mol. The summed E-state index contributed by atoms with van der Waals surface area (Å²) in [4.78, 5) is 54.3. The van der Waals surface area contributed by atoms with Gasteiger partial charge in [0.25, 0.3) is 0 Å². The molecule has 8 heteroatoms. The summed E-state index contributed by atoms with van der Waals surface area (Å²) in [7, 11) is 0. The third-order valence-corrected chi connectivity index (χ3v) is 8.31. The minimum absolute atomic E-state index is 0.0837. The van der Waals surface area contributed by atoms with Crippen molar-refractivity contribution in [2.24, 2.45) is 11.3 Å². The number of rotatable bonds is 7. The fourth-order valence-corrected chi connectivity index (χ4v) is 5.64. The maximum Gasteiger partial charge on any atom is 0.335 e. The molecule has 0 aromatic heterocycles. The lowest BCUT2D eigenvalue weighted by atomic mass is 9.83. The van der Waals surface area contributed by atoms with Crippen LogP contribution in [-0.4, -0.2) is 45.8 Å². The molecule has 0 fully saturated rings. The third kappa shape index (κ3) is 6.21. The first-order valence-corrected chi connectivity index (χ1v) is 14.2. The molecule has 2 aliphatic rings. The van der Waals surface area contributed by atoms with Gasteiger partial charge in [0.05, 0.1) is 11.6 Å². The number of hydrogen-bond acceptors (Lipinski definition) is 4. The Bertz CT molecular complexity index is 1300. The van der Waals surface area contributed by atoms with Crippen molar-refractivity contribution in [3.05, 3.63) is 70.3 Å². The molecule has 2 aromatic rings. The summed E-state index contributed by atoms with van der Waals surface area (Å²) in [6.45, 7) is 9.50. The maximum absolute atomic E-state index is 14.2. The van der Waals surface area contributed by atoms with Crippen LogP contribution in [0.25, 0.3) is 0 Å². The summed E-state index contributed by atoms with van der Waals surface area (Å²) >= 11 is 0. The van der Waals surface area contributed by atoms with Crippen LogP contribution in [0, 0.1) is 11.3 Å². The summed E-state index contributed by atoms with van der Waals surface area (Å²) in [5.74, 6) is -2.11. The Balaban J connectivity index is 1.68. The van der Waals surface area contributed by atoms with Gasteiger partial charge in [-0.15, -0.1) is 0 Å². The molecular formula is C32H41N3O5. The summed E-state index contributed by atoms with van der Waals surface area (Å²) in [5, 5.41) is 15.7. The number of nitrogens with one attached hydrogen (secondary N) is 2. The highest BCUT2D eigenvalue weighted by molar-refractivity contribution is 5.94. The number of carboxylic acids is 1. The van der Waals surface area contributed by atoms with E-state index >= 15 is 0 Å². The molecule has 0 saturated heterocycles. The van der Waals surface area contributed by atoms with E-state index in [2.05, 4.69) is 16.7 Å². The van der Waals surface area contributed by atoms with Gasteiger partial charge in [-0.05, 0) is 65.5 Å². The van der Waals surface area contributed by atoms with Gasteiger partial charge in [-0.3, -0.25) is 14.4 Å². The van der Waals surface area contributed by atoms with Crippen molar-refractivity contribution in [2.75, 3.05) is 0 Å². The largest absolute Gasteiger partial charge is 0.478 e. The lowest BCUT2D eigenvalue weighted by molar-refractivity contribution is -0.147. The monoisotopic (exact) mass is 547 g/mol. The molecule has 1 aliphatic heterocycles. The lowest BCUT2D eigenvalue weighted by Gasteiger charge is -2.41. The zero-order chi connectivity index (χ0) is 29.2. The number of carbonyl (C=O) groups is 4. The summed E-state index contributed by atoms with van der Waals surface area (Å²) in [6.07, 6.45) is 3.65. The minimum Gasteiger partial charge on any atom is -0.478 e. The molecule has 0 unspecified atom stereocenters. The van der Waals surface area contributed by atoms with Gasteiger partial charge in [0.1, 0.15) is 12.1 Å². The molecule has 0 bridgehead atoms. The minimum atomic E-state index is -1.05. The second kappa shape index (κ2) is 11.8. The predicted octanol–water partition coefficient (Wildman–Crippen LogP) is 4.41. The summed E-state index contributed by atoms with van der Waals surface area (Å²) in [6, 6.07) is 11.2. The van der Waals surface area contributed by atoms with Gasteiger partial charge >= 0.3 is 5.97 Å². The highest BCUT2D eigenvalue weighted by Gasteiger charge is 2.43. The van der Waals surface area contributed by atoms with Gasteiger partial charge in [-0.25, -0.2) is 4.79 Å². The molecule has 2 aromatic carbocycles. The normalized spacial score (nSPS) is 20.0. The molecule has 0 saturated carbocycles. The van der Waals surface area contributed by atoms with E-state index in [1.165, 1.54) is 16.5 Å². The Morgan fingerprint density at radius 1 is 1.05 bits per heavy atom. The molecule has 0 spiro atoms. The zero-order valence-electron chi connectivity index (χ0n) is 24.1. The van der Waals surface area contributed by atoms with Crippen molar-refractivity contribution >= 4 is 23.7 Å². The fourth-order valence-electron chi connectivity index (χ4n) is 5.64. The van der Waals surface area contributed by atoms with Crippen LogP contribution >= 0.6 is 0 Å². The SMILES string of the molecule is CC[C@@H](C)C(=O)N[C@H](C(=O)N1Cc2cc(C(=O)O)ccc2C[C@H]1C(=O)N[C@@H]1CCCc2ccccc21)C(C)(C)C. The van der Waals surface area contributed by atoms with Gasteiger partial charge in [0.15, 0.2) is 0 Å². The topological polar surface area (TPSA) is 116 Å². The molecule has 214 valence electrons. The number of fused-ring (bicyclic) bond motifs is 2. The first kappa shape index (κ1) is 29.3. The first-order valence-electron chi connectivity index (χ1n) is 14.2. The fraction of sp³-hybridized carbons (Fsp3) is 0.500. The van der Waals surface area contributed by atoms with E-state index in [4.69, 9.17) is 0 Å². The van der Waals surface area contributed by atoms with Crippen molar-refractivity contribution < 1.29 is 24.3 Å². The molecule has 1 aliphatic carbocycles. The Morgan fingerprint density at radius 3 is 2.45 bits per heavy atom. The van der Waals surface area contributed by atoms with Crippen LogP contribution in [0.2, 0.25) is 0 Å². The molecule has 4 rings (SSSR count). The average Bonchev–Trinajstić information content (AvgIpc) is 2.93. The van der Waals surface area contributed by atoms with Crippen LogP contribution in [0.5, 0.6) is 0 Å². The number of amides is 3. The van der Waals surface area contributed by atoms with Crippen molar-refractivity contribution in [3.8, 4) is 0 Å². The summed E-state index contributed by atoms with van der Waals surface area (Å²) in [5.41, 5.74) is 3.38. The van der Waals surface area contributed by atoms with Gasteiger partial charge < -0.3 is 20.6 Å².